The number of aromatic hydroxyl groups is 2. The maximum absolute atomic E-state index is 12.9. The van der Waals surface area contributed by atoms with Gasteiger partial charge in [-0.2, -0.15) is 0 Å². The molecule has 0 fully saturated rings. The smallest absolute Gasteiger partial charge is 0.207 e. The SMILES string of the molecule is Cc1cc(S(=O)(=O)c2cc(O)c(C)c(C)c2C)cc(C)c1O. The van der Waals surface area contributed by atoms with Crippen LogP contribution in [0.5, 0.6) is 11.5 Å². The van der Waals surface area contributed by atoms with Crippen LogP contribution in [0.4, 0.5) is 0 Å². The monoisotopic (exact) mass is 320 g/mol. The van der Waals surface area contributed by atoms with Crippen molar-refractivity contribution in [3.63, 3.8) is 0 Å². The van der Waals surface area contributed by atoms with Crippen molar-refractivity contribution in [1.82, 2.24) is 0 Å². The highest BCUT2D eigenvalue weighted by atomic mass is 32.2. The van der Waals surface area contributed by atoms with Crippen LogP contribution in [0.2, 0.25) is 0 Å². The van der Waals surface area contributed by atoms with E-state index in [1.54, 1.807) is 34.6 Å². The van der Waals surface area contributed by atoms with Crippen LogP contribution in [-0.2, 0) is 9.84 Å². The lowest BCUT2D eigenvalue weighted by atomic mass is 10.0. The molecule has 0 atom stereocenters. The molecular weight excluding hydrogens is 300 g/mol. The van der Waals surface area contributed by atoms with E-state index in [2.05, 4.69) is 0 Å². The minimum Gasteiger partial charge on any atom is -0.508 e. The topological polar surface area (TPSA) is 74.6 Å². The summed E-state index contributed by atoms with van der Waals surface area (Å²) in [6.45, 7) is 8.59. The van der Waals surface area contributed by atoms with Crippen molar-refractivity contribution in [2.45, 2.75) is 44.4 Å². The highest BCUT2D eigenvalue weighted by Crippen LogP contribution is 2.34. The molecular formula is C17H20O4S. The Hall–Kier alpha value is -2.01. The highest BCUT2D eigenvalue weighted by Gasteiger charge is 2.24. The number of hydrogen-bond acceptors (Lipinski definition) is 4. The van der Waals surface area contributed by atoms with Gasteiger partial charge in [0.1, 0.15) is 11.5 Å². The van der Waals surface area contributed by atoms with Crippen molar-refractivity contribution in [3.05, 3.63) is 46.0 Å². The van der Waals surface area contributed by atoms with Crippen LogP contribution >= 0.6 is 0 Å². The van der Waals surface area contributed by atoms with Crippen LogP contribution in [0, 0.1) is 34.6 Å². The molecule has 2 rings (SSSR count). The second-order valence-corrected chi connectivity index (χ2v) is 7.60. The van der Waals surface area contributed by atoms with Gasteiger partial charge in [-0.05, 0) is 80.6 Å². The van der Waals surface area contributed by atoms with Gasteiger partial charge in [0.25, 0.3) is 0 Å². The molecule has 0 saturated heterocycles. The van der Waals surface area contributed by atoms with Gasteiger partial charge in [0.15, 0.2) is 0 Å². The van der Waals surface area contributed by atoms with E-state index in [1.165, 1.54) is 18.2 Å². The number of benzene rings is 2. The maximum atomic E-state index is 12.9. The number of aryl methyl sites for hydroxylation is 2. The van der Waals surface area contributed by atoms with Crippen LogP contribution < -0.4 is 0 Å². The van der Waals surface area contributed by atoms with Crippen molar-refractivity contribution in [2.24, 2.45) is 0 Å². The van der Waals surface area contributed by atoms with Gasteiger partial charge in [0, 0.05) is 0 Å². The Bertz CT molecular complexity index is 842. The van der Waals surface area contributed by atoms with Crippen molar-refractivity contribution in [3.8, 4) is 11.5 Å². The molecule has 0 amide bonds. The molecule has 2 aromatic carbocycles. The fraction of sp³-hybridized carbons (Fsp3) is 0.294. The lowest BCUT2D eigenvalue weighted by Gasteiger charge is -2.15. The molecule has 0 saturated carbocycles. The fourth-order valence-electron chi connectivity index (χ4n) is 2.48. The summed E-state index contributed by atoms with van der Waals surface area (Å²) in [6, 6.07) is 4.19. The lowest BCUT2D eigenvalue weighted by molar-refractivity contribution is 0.465. The zero-order valence-corrected chi connectivity index (χ0v) is 14.2. The highest BCUT2D eigenvalue weighted by molar-refractivity contribution is 7.91. The van der Waals surface area contributed by atoms with E-state index < -0.39 is 9.84 Å². The Labute approximate surface area is 131 Å². The summed E-state index contributed by atoms with van der Waals surface area (Å²) in [7, 11) is -3.76. The Morgan fingerprint density at radius 2 is 1.27 bits per heavy atom. The van der Waals surface area contributed by atoms with Gasteiger partial charge >= 0.3 is 0 Å². The van der Waals surface area contributed by atoms with E-state index in [4.69, 9.17) is 0 Å². The number of sulfone groups is 1. The Kier molecular flexibility index (Phi) is 3.96. The van der Waals surface area contributed by atoms with Gasteiger partial charge < -0.3 is 10.2 Å². The van der Waals surface area contributed by atoms with Gasteiger partial charge in [0.05, 0.1) is 9.79 Å². The van der Waals surface area contributed by atoms with Gasteiger partial charge in [-0.3, -0.25) is 0 Å². The third kappa shape index (κ3) is 2.46. The summed E-state index contributed by atoms with van der Waals surface area (Å²) in [6.07, 6.45) is 0. The summed E-state index contributed by atoms with van der Waals surface area (Å²) < 4.78 is 25.8. The molecule has 0 radical (unpaired) electrons. The molecule has 0 aliphatic rings. The van der Waals surface area contributed by atoms with E-state index in [9.17, 15) is 18.6 Å². The summed E-state index contributed by atoms with van der Waals surface area (Å²) in [5.41, 5.74) is 3.06. The summed E-state index contributed by atoms with van der Waals surface area (Å²) in [4.78, 5) is 0.212. The van der Waals surface area contributed by atoms with E-state index in [-0.39, 0.29) is 21.3 Å². The first-order chi connectivity index (χ1) is 10.1. The van der Waals surface area contributed by atoms with Crippen LogP contribution in [0.25, 0.3) is 0 Å². The van der Waals surface area contributed by atoms with Crippen molar-refractivity contribution < 1.29 is 18.6 Å². The van der Waals surface area contributed by atoms with Gasteiger partial charge in [-0.25, -0.2) is 8.42 Å². The summed E-state index contributed by atoms with van der Waals surface area (Å²) in [5, 5.41) is 19.8. The molecule has 0 aromatic heterocycles. The molecule has 118 valence electrons. The second kappa shape index (κ2) is 5.32. The summed E-state index contributed by atoms with van der Waals surface area (Å²) in [5.74, 6) is 0.0625. The molecule has 0 aliphatic heterocycles. The van der Waals surface area contributed by atoms with Gasteiger partial charge in [0.2, 0.25) is 9.84 Å². The number of hydrogen-bond donors (Lipinski definition) is 2. The average molecular weight is 320 g/mol. The Balaban J connectivity index is 2.77. The van der Waals surface area contributed by atoms with Crippen molar-refractivity contribution >= 4 is 9.84 Å². The second-order valence-electron chi connectivity index (χ2n) is 5.68. The van der Waals surface area contributed by atoms with Crippen LogP contribution in [0.3, 0.4) is 0 Å². The average Bonchev–Trinajstić information content (AvgIpc) is 2.45. The van der Waals surface area contributed by atoms with Crippen LogP contribution in [0.15, 0.2) is 28.0 Å². The number of rotatable bonds is 2. The first kappa shape index (κ1) is 16.4. The van der Waals surface area contributed by atoms with Crippen LogP contribution in [-0.4, -0.2) is 18.6 Å². The Morgan fingerprint density at radius 3 is 1.77 bits per heavy atom. The predicted octanol–water partition coefficient (Wildman–Crippen LogP) is 3.47. The zero-order chi connectivity index (χ0) is 16.8. The largest absolute Gasteiger partial charge is 0.508 e. The molecule has 0 heterocycles. The molecule has 0 spiro atoms. The quantitative estimate of drug-likeness (QED) is 0.888. The van der Waals surface area contributed by atoms with Gasteiger partial charge in [-0.15, -0.1) is 0 Å². The minimum absolute atomic E-state index is 0.0334. The third-order valence-electron chi connectivity index (χ3n) is 4.21. The maximum Gasteiger partial charge on any atom is 0.207 e. The molecule has 4 nitrogen and oxygen atoms in total. The third-order valence-corrected chi connectivity index (χ3v) is 6.07. The van der Waals surface area contributed by atoms with Crippen LogP contribution in [0.1, 0.15) is 27.8 Å². The molecule has 2 N–H and O–H groups in total. The number of phenols is 2. The molecule has 0 bridgehead atoms. The van der Waals surface area contributed by atoms with Crippen molar-refractivity contribution in [1.29, 1.82) is 0 Å². The van der Waals surface area contributed by atoms with Gasteiger partial charge in [-0.1, -0.05) is 0 Å². The molecule has 22 heavy (non-hydrogen) atoms. The van der Waals surface area contributed by atoms with E-state index in [0.29, 0.717) is 22.3 Å². The predicted molar refractivity (Wildman–Crippen MR) is 85.4 cm³/mol. The molecule has 2 aromatic rings. The van der Waals surface area contributed by atoms with E-state index in [1.807, 2.05) is 0 Å². The van der Waals surface area contributed by atoms with E-state index >= 15 is 0 Å². The first-order valence-corrected chi connectivity index (χ1v) is 8.40. The molecule has 0 unspecified atom stereocenters. The first-order valence-electron chi connectivity index (χ1n) is 6.92. The van der Waals surface area contributed by atoms with E-state index in [0.717, 1.165) is 5.56 Å². The minimum atomic E-state index is -3.76. The zero-order valence-electron chi connectivity index (χ0n) is 13.4. The van der Waals surface area contributed by atoms with Crippen molar-refractivity contribution in [2.75, 3.05) is 0 Å². The lowest BCUT2D eigenvalue weighted by Crippen LogP contribution is -2.07. The summed E-state index contributed by atoms with van der Waals surface area (Å²) >= 11 is 0. The normalized spacial score (nSPS) is 11.7. The fourth-order valence-corrected chi connectivity index (χ4v) is 4.22. The number of phenolic OH excluding ortho intramolecular Hbond substituents is 2. The molecule has 0 aliphatic carbocycles. The standard InChI is InChI=1S/C17H20O4S/c1-9-6-14(7-10(2)17(9)19)22(20,21)16-8-15(18)12(4)11(3)13(16)5/h6-8,18-19H,1-5H3. The molecule has 5 heteroatoms. The Morgan fingerprint density at radius 1 is 0.773 bits per heavy atom.